The van der Waals surface area contributed by atoms with Crippen molar-refractivity contribution < 1.29 is 4.79 Å². The molecule has 0 unspecified atom stereocenters. The smallest absolute Gasteiger partial charge is 0.226 e. The zero-order chi connectivity index (χ0) is 19.1. The number of nitrogens with one attached hydrogen (secondary N) is 1. The Balaban J connectivity index is 1.41. The molecular formula is C22H25N3OS. The lowest BCUT2D eigenvalue weighted by Crippen LogP contribution is -2.29. The second kappa shape index (κ2) is 9.33. The van der Waals surface area contributed by atoms with E-state index >= 15 is 0 Å². The number of anilines is 1. The molecule has 1 amide bonds. The minimum atomic E-state index is 0.0260. The predicted molar refractivity (Wildman–Crippen MR) is 113 cm³/mol. The van der Waals surface area contributed by atoms with Crippen molar-refractivity contribution >= 4 is 22.9 Å². The minimum absolute atomic E-state index is 0.0260. The lowest BCUT2D eigenvalue weighted by molar-refractivity contribution is -0.120. The first-order valence-corrected chi connectivity index (χ1v) is 10.0. The van der Waals surface area contributed by atoms with E-state index in [4.69, 9.17) is 0 Å². The molecule has 0 aliphatic carbocycles. The fraction of sp³-hybridized carbons (Fsp3) is 0.273. The van der Waals surface area contributed by atoms with Gasteiger partial charge in [-0.3, -0.25) is 4.79 Å². The predicted octanol–water partition coefficient (Wildman–Crippen LogP) is 4.30. The quantitative estimate of drug-likeness (QED) is 0.594. The zero-order valence-corrected chi connectivity index (χ0v) is 16.6. The molecule has 1 heterocycles. The van der Waals surface area contributed by atoms with Crippen LogP contribution >= 0.6 is 11.3 Å². The molecule has 0 radical (unpaired) electrons. The number of thiazole rings is 1. The maximum absolute atomic E-state index is 12.2. The summed E-state index contributed by atoms with van der Waals surface area (Å²) in [4.78, 5) is 18.9. The number of carbonyl (C=O) groups excluding carboxylic acids is 1. The number of carbonyl (C=O) groups is 1. The molecule has 1 N–H and O–H groups in total. The zero-order valence-electron chi connectivity index (χ0n) is 15.8. The van der Waals surface area contributed by atoms with Gasteiger partial charge in [0.15, 0.2) is 0 Å². The van der Waals surface area contributed by atoms with Gasteiger partial charge in [0.25, 0.3) is 0 Å². The lowest BCUT2D eigenvalue weighted by Gasteiger charge is -2.19. The number of para-hydroxylation sites is 1. The molecule has 0 fully saturated rings. The number of hydrogen-bond donors (Lipinski definition) is 1. The highest BCUT2D eigenvalue weighted by atomic mass is 32.1. The van der Waals surface area contributed by atoms with Crippen molar-refractivity contribution in [2.24, 2.45) is 0 Å². The van der Waals surface area contributed by atoms with Crippen LogP contribution < -0.4 is 10.2 Å². The Hall–Kier alpha value is -2.66. The van der Waals surface area contributed by atoms with E-state index in [9.17, 15) is 4.79 Å². The van der Waals surface area contributed by atoms with Crippen LogP contribution in [0.4, 0.5) is 5.69 Å². The Morgan fingerprint density at radius 3 is 2.59 bits per heavy atom. The van der Waals surface area contributed by atoms with E-state index in [2.05, 4.69) is 65.6 Å². The van der Waals surface area contributed by atoms with Crippen molar-refractivity contribution in [3.8, 4) is 10.6 Å². The number of aromatic nitrogens is 1. The number of benzene rings is 2. The number of rotatable bonds is 8. The summed E-state index contributed by atoms with van der Waals surface area (Å²) >= 11 is 1.58. The largest absolute Gasteiger partial charge is 0.375 e. The summed E-state index contributed by atoms with van der Waals surface area (Å²) in [7, 11) is 2.07. The molecule has 2 aromatic carbocycles. The molecule has 0 bridgehead atoms. The summed E-state index contributed by atoms with van der Waals surface area (Å²) in [6.45, 7) is 3.64. The second-order valence-electron chi connectivity index (χ2n) is 6.65. The topological polar surface area (TPSA) is 45.2 Å². The van der Waals surface area contributed by atoms with Gasteiger partial charge in [-0.05, 0) is 25.5 Å². The van der Waals surface area contributed by atoms with Gasteiger partial charge in [-0.15, -0.1) is 11.3 Å². The first-order valence-electron chi connectivity index (χ1n) is 9.16. The average molecular weight is 380 g/mol. The molecule has 0 spiro atoms. The van der Waals surface area contributed by atoms with Crippen LogP contribution in [-0.4, -0.2) is 31.0 Å². The van der Waals surface area contributed by atoms with Gasteiger partial charge in [-0.1, -0.05) is 48.0 Å². The van der Waals surface area contributed by atoms with E-state index < -0.39 is 0 Å². The van der Waals surface area contributed by atoms with Crippen LogP contribution in [0.5, 0.6) is 0 Å². The van der Waals surface area contributed by atoms with Crippen molar-refractivity contribution in [1.82, 2.24) is 10.3 Å². The van der Waals surface area contributed by atoms with E-state index in [0.717, 1.165) is 29.2 Å². The van der Waals surface area contributed by atoms with Crippen molar-refractivity contribution in [2.75, 3.05) is 25.0 Å². The number of aryl methyl sites for hydroxylation is 1. The molecule has 1 aromatic heterocycles. The summed E-state index contributed by atoms with van der Waals surface area (Å²) in [5.74, 6) is 0.0260. The van der Waals surface area contributed by atoms with Gasteiger partial charge >= 0.3 is 0 Å². The molecule has 3 rings (SSSR count). The third kappa shape index (κ3) is 5.66. The molecule has 0 saturated heterocycles. The highest BCUT2D eigenvalue weighted by molar-refractivity contribution is 7.13. The molecule has 0 atom stereocenters. The Kier molecular flexibility index (Phi) is 6.60. The molecule has 4 nitrogen and oxygen atoms in total. The number of amides is 1. The molecular weight excluding hydrogens is 354 g/mol. The van der Waals surface area contributed by atoms with Gasteiger partial charge in [0.2, 0.25) is 5.91 Å². The molecule has 5 heteroatoms. The normalized spacial score (nSPS) is 10.6. The molecule has 27 heavy (non-hydrogen) atoms. The molecule has 0 aliphatic heterocycles. The van der Waals surface area contributed by atoms with Gasteiger partial charge in [0, 0.05) is 36.8 Å². The van der Waals surface area contributed by atoms with E-state index in [1.54, 1.807) is 11.3 Å². The van der Waals surface area contributed by atoms with E-state index in [1.165, 1.54) is 11.3 Å². The molecule has 0 saturated carbocycles. The third-order valence-corrected chi connectivity index (χ3v) is 5.32. The van der Waals surface area contributed by atoms with Crippen LogP contribution in [0.2, 0.25) is 0 Å². The summed E-state index contributed by atoms with van der Waals surface area (Å²) in [5, 5.41) is 5.92. The van der Waals surface area contributed by atoms with Gasteiger partial charge in [0.05, 0.1) is 12.1 Å². The SMILES string of the molecule is Cc1ccc(-c2nc(CC(=O)NCCCN(C)c3ccccc3)cs2)cc1. The summed E-state index contributed by atoms with van der Waals surface area (Å²) in [6.07, 6.45) is 1.24. The molecule has 0 aliphatic rings. The monoisotopic (exact) mass is 379 g/mol. The van der Waals surface area contributed by atoms with Crippen molar-refractivity contribution in [2.45, 2.75) is 19.8 Å². The van der Waals surface area contributed by atoms with Gasteiger partial charge < -0.3 is 10.2 Å². The van der Waals surface area contributed by atoms with E-state index in [1.807, 2.05) is 23.6 Å². The van der Waals surface area contributed by atoms with Crippen LogP contribution in [0.1, 0.15) is 17.7 Å². The van der Waals surface area contributed by atoms with Gasteiger partial charge in [-0.25, -0.2) is 4.98 Å². The Morgan fingerprint density at radius 1 is 1.11 bits per heavy atom. The first-order chi connectivity index (χ1) is 13.1. The third-order valence-electron chi connectivity index (χ3n) is 4.38. The van der Waals surface area contributed by atoms with Crippen LogP contribution in [0.25, 0.3) is 10.6 Å². The Labute approximate surface area is 164 Å². The van der Waals surface area contributed by atoms with Crippen molar-refractivity contribution in [3.63, 3.8) is 0 Å². The molecule has 3 aromatic rings. The summed E-state index contributed by atoms with van der Waals surface area (Å²) in [5.41, 5.74) is 4.35. The summed E-state index contributed by atoms with van der Waals surface area (Å²) < 4.78 is 0. The van der Waals surface area contributed by atoms with Crippen LogP contribution in [0, 0.1) is 6.92 Å². The van der Waals surface area contributed by atoms with Crippen LogP contribution in [0.15, 0.2) is 60.0 Å². The Bertz CT molecular complexity index is 859. The van der Waals surface area contributed by atoms with Crippen molar-refractivity contribution in [3.05, 3.63) is 71.2 Å². The average Bonchev–Trinajstić information content (AvgIpc) is 3.14. The number of hydrogen-bond acceptors (Lipinski definition) is 4. The minimum Gasteiger partial charge on any atom is -0.375 e. The maximum atomic E-state index is 12.2. The van der Waals surface area contributed by atoms with Gasteiger partial charge in [-0.2, -0.15) is 0 Å². The maximum Gasteiger partial charge on any atom is 0.226 e. The van der Waals surface area contributed by atoms with Crippen LogP contribution in [-0.2, 0) is 11.2 Å². The highest BCUT2D eigenvalue weighted by Gasteiger charge is 2.09. The summed E-state index contributed by atoms with van der Waals surface area (Å²) in [6, 6.07) is 18.6. The number of nitrogens with zero attached hydrogens (tertiary/aromatic N) is 2. The lowest BCUT2D eigenvalue weighted by atomic mass is 10.2. The first kappa shape index (κ1) is 19.1. The fourth-order valence-corrected chi connectivity index (χ4v) is 3.63. The van der Waals surface area contributed by atoms with E-state index in [0.29, 0.717) is 13.0 Å². The van der Waals surface area contributed by atoms with E-state index in [-0.39, 0.29) is 5.91 Å². The molecule has 140 valence electrons. The fourth-order valence-electron chi connectivity index (χ4n) is 2.80. The van der Waals surface area contributed by atoms with Crippen LogP contribution in [0.3, 0.4) is 0 Å². The van der Waals surface area contributed by atoms with Gasteiger partial charge in [0.1, 0.15) is 5.01 Å². The Morgan fingerprint density at radius 2 is 1.85 bits per heavy atom. The highest BCUT2D eigenvalue weighted by Crippen LogP contribution is 2.24. The standard InChI is InChI=1S/C22H25N3OS/c1-17-9-11-18(12-10-17)22-24-19(16-27-22)15-21(26)23-13-6-14-25(2)20-7-4-3-5-8-20/h3-5,7-12,16H,6,13-15H2,1-2H3,(H,23,26). The second-order valence-corrected chi connectivity index (χ2v) is 7.51. The van der Waals surface area contributed by atoms with Crippen molar-refractivity contribution in [1.29, 1.82) is 0 Å².